The maximum Gasteiger partial charge on any atom is 0.308 e. The first kappa shape index (κ1) is 15.2. The number of hydrogen-bond donors (Lipinski definition) is 1. The molecule has 1 fully saturated rings. The molecule has 0 radical (unpaired) electrons. The predicted molar refractivity (Wildman–Crippen MR) is 85.2 cm³/mol. The maximum atomic E-state index is 12.7. The summed E-state index contributed by atoms with van der Waals surface area (Å²) in [6.45, 7) is 2.49. The molecule has 5 nitrogen and oxygen atoms in total. The van der Waals surface area contributed by atoms with E-state index in [1.807, 2.05) is 37.3 Å². The number of aryl methyl sites for hydroxylation is 1. The van der Waals surface area contributed by atoms with Crippen LogP contribution in [0.15, 0.2) is 48.8 Å². The molecule has 23 heavy (non-hydrogen) atoms. The highest BCUT2D eigenvalue weighted by atomic mass is 16.4. The fourth-order valence-electron chi connectivity index (χ4n) is 3.12. The molecule has 2 aromatic rings. The van der Waals surface area contributed by atoms with Gasteiger partial charge in [0.05, 0.1) is 11.5 Å². The van der Waals surface area contributed by atoms with E-state index in [0.717, 1.165) is 11.1 Å². The van der Waals surface area contributed by atoms with Crippen LogP contribution in [0.2, 0.25) is 0 Å². The third kappa shape index (κ3) is 2.95. The summed E-state index contributed by atoms with van der Waals surface area (Å²) in [5.74, 6) is -1.79. The number of benzene rings is 1. The Hall–Kier alpha value is -2.69. The maximum absolute atomic E-state index is 12.7. The van der Waals surface area contributed by atoms with E-state index in [2.05, 4.69) is 4.98 Å². The molecule has 1 saturated heterocycles. The van der Waals surface area contributed by atoms with E-state index >= 15 is 0 Å². The third-order valence-electron chi connectivity index (χ3n) is 4.42. The lowest BCUT2D eigenvalue weighted by Crippen LogP contribution is -2.30. The van der Waals surface area contributed by atoms with Crippen molar-refractivity contribution in [1.82, 2.24) is 9.88 Å². The van der Waals surface area contributed by atoms with Crippen molar-refractivity contribution in [2.24, 2.45) is 5.92 Å². The second-order valence-electron chi connectivity index (χ2n) is 5.86. The smallest absolute Gasteiger partial charge is 0.308 e. The molecule has 1 aliphatic heterocycles. The molecule has 5 heteroatoms. The Kier molecular flexibility index (Phi) is 4.10. The van der Waals surface area contributed by atoms with Gasteiger partial charge in [-0.2, -0.15) is 0 Å². The topological polar surface area (TPSA) is 70.5 Å². The van der Waals surface area contributed by atoms with Gasteiger partial charge in [-0.05, 0) is 24.1 Å². The number of carbonyl (C=O) groups excluding carboxylic acids is 1. The standard InChI is InChI=1S/C18H18N2O3/c1-12-7-8-19-9-14(12)17(21)20-10-15(16(11-20)18(22)23)13-5-3-2-4-6-13/h2-9,15-16H,10-11H2,1H3,(H,22,23)/t15-,16+/m1/s1. The van der Waals surface area contributed by atoms with Gasteiger partial charge >= 0.3 is 5.97 Å². The van der Waals surface area contributed by atoms with E-state index in [0.29, 0.717) is 12.1 Å². The fourth-order valence-corrected chi connectivity index (χ4v) is 3.12. The van der Waals surface area contributed by atoms with Crippen LogP contribution in [0.25, 0.3) is 0 Å². The monoisotopic (exact) mass is 310 g/mol. The Bertz CT molecular complexity index is 730. The quantitative estimate of drug-likeness (QED) is 0.944. The average Bonchev–Trinajstić information content (AvgIpc) is 3.01. The van der Waals surface area contributed by atoms with Crippen molar-refractivity contribution in [2.45, 2.75) is 12.8 Å². The zero-order chi connectivity index (χ0) is 16.4. The molecule has 0 unspecified atom stereocenters. The molecule has 0 spiro atoms. The second-order valence-corrected chi connectivity index (χ2v) is 5.86. The second kappa shape index (κ2) is 6.20. The number of carbonyl (C=O) groups is 2. The van der Waals surface area contributed by atoms with Gasteiger partial charge in [-0.15, -0.1) is 0 Å². The molecular formula is C18H18N2O3. The highest BCUT2D eigenvalue weighted by Gasteiger charge is 2.40. The molecule has 2 heterocycles. The van der Waals surface area contributed by atoms with Crippen molar-refractivity contribution in [1.29, 1.82) is 0 Å². The SMILES string of the molecule is Cc1ccncc1C(=O)N1C[C@H](C(=O)O)[C@@H](c2ccccc2)C1. The predicted octanol–water partition coefficient (Wildman–Crippen LogP) is 2.33. The molecule has 0 saturated carbocycles. The number of rotatable bonds is 3. The minimum absolute atomic E-state index is 0.153. The average molecular weight is 310 g/mol. The van der Waals surface area contributed by atoms with Crippen LogP contribution in [0, 0.1) is 12.8 Å². The Morgan fingerprint density at radius 1 is 1.17 bits per heavy atom. The molecule has 0 aliphatic carbocycles. The Labute approximate surface area is 134 Å². The first-order valence-electron chi connectivity index (χ1n) is 7.55. The molecule has 1 aromatic carbocycles. The minimum atomic E-state index is -0.864. The van der Waals surface area contributed by atoms with Crippen LogP contribution in [0.1, 0.15) is 27.4 Å². The molecule has 118 valence electrons. The summed E-state index contributed by atoms with van der Waals surface area (Å²) in [4.78, 5) is 29.9. The normalized spacial score (nSPS) is 20.5. The number of amides is 1. The zero-order valence-electron chi connectivity index (χ0n) is 12.8. The Balaban J connectivity index is 1.87. The van der Waals surface area contributed by atoms with Gasteiger partial charge in [0, 0.05) is 31.4 Å². The number of aromatic nitrogens is 1. The van der Waals surface area contributed by atoms with E-state index in [-0.39, 0.29) is 18.4 Å². The molecular weight excluding hydrogens is 292 g/mol. The Morgan fingerprint density at radius 3 is 2.57 bits per heavy atom. The van der Waals surface area contributed by atoms with Crippen molar-refractivity contribution >= 4 is 11.9 Å². The lowest BCUT2D eigenvalue weighted by atomic mass is 9.89. The summed E-state index contributed by atoms with van der Waals surface area (Å²) in [6, 6.07) is 11.3. The van der Waals surface area contributed by atoms with Crippen LogP contribution in [-0.4, -0.2) is 40.0 Å². The van der Waals surface area contributed by atoms with Gasteiger partial charge in [0.25, 0.3) is 5.91 Å². The van der Waals surface area contributed by atoms with Crippen LogP contribution in [0.5, 0.6) is 0 Å². The summed E-state index contributed by atoms with van der Waals surface area (Å²) in [6.07, 6.45) is 3.19. The van der Waals surface area contributed by atoms with E-state index in [4.69, 9.17) is 0 Å². The van der Waals surface area contributed by atoms with Gasteiger partial charge in [-0.25, -0.2) is 0 Å². The summed E-state index contributed by atoms with van der Waals surface area (Å²) >= 11 is 0. The van der Waals surface area contributed by atoms with Gasteiger partial charge in [0.15, 0.2) is 0 Å². The van der Waals surface area contributed by atoms with Crippen molar-refractivity contribution < 1.29 is 14.7 Å². The number of aliphatic carboxylic acids is 1. The van der Waals surface area contributed by atoms with Crippen LogP contribution >= 0.6 is 0 Å². The van der Waals surface area contributed by atoms with Gasteiger partial charge in [-0.1, -0.05) is 30.3 Å². The van der Waals surface area contributed by atoms with Crippen LogP contribution in [-0.2, 0) is 4.79 Å². The molecule has 1 aromatic heterocycles. The largest absolute Gasteiger partial charge is 0.481 e. The highest BCUT2D eigenvalue weighted by molar-refractivity contribution is 5.96. The van der Waals surface area contributed by atoms with Gasteiger partial charge < -0.3 is 10.0 Å². The summed E-state index contributed by atoms with van der Waals surface area (Å²) < 4.78 is 0. The summed E-state index contributed by atoms with van der Waals surface area (Å²) in [7, 11) is 0. The van der Waals surface area contributed by atoms with E-state index in [1.54, 1.807) is 23.4 Å². The molecule has 0 bridgehead atoms. The Morgan fingerprint density at radius 2 is 1.91 bits per heavy atom. The third-order valence-corrected chi connectivity index (χ3v) is 4.42. The van der Waals surface area contributed by atoms with Crippen LogP contribution in [0.4, 0.5) is 0 Å². The zero-order valence-corrected chi connectivity index (χ0v) is 12.8. The first-order chi connectivity index (χ1) is 11.1. The number of nitrogens with zero attached hydrogens (tertiary/aromatic N) is 2. The number of pyridine rings is 1. The number of carboxylic acid groups (broad SMARTS) is 1. The van der Waals surface area contributed by atoms with Crippen molar-refractivity contribution in [3.8, 4) is 0 Å². The van der Waals surface area contributed by atoms with Crippen LogP contribution < -0.4 is 0 Å². The van der Waals surface area contributed by atoms with Crippen molar-refractivity contribution in [2.75, 3.05) is 13.1 Å². The molecule has 1 amide bonds. The number of likely N-dealkylation sites (tertiary alicyclic amines) is 1. The van der Waals surface area contributed by atoms with Crippen molar-refractivity contribution in [3.05, 3.63) is 65.5 Å². The van der Waals surface area contributed by atoms with Gasteiger partial charge in [-0.3, -0.25) is 14.6 Å². The fraction of sp³-hybridized carbons (Fsp3) is 0.278. The van der Waals surface area contributed by atoms with E-state index in [1.165, 1.54) is 0 Å². The highest BCUT2D eigenvalue weighted by Crippen LogP contribution is 2.33. The number of hydrogen-bond acceptors (Lipinski definition) is 3. The van der Waals surface area contributed by atoms with E-state index in [9.17, 15) is 14.7 Å². The minimum Gasteiger partial charge on any atom is -0.481 e. The molecule has 2 atom stereocenters. The van der Waals surface area contributed by atoms with Crippen LogP contribution in [0.3, 0.4) is 0 Å². The lowest BCUT2D eigenvalue weighted by molar-refractivity contribution is -0.141. The molecule has 1 aliphatic rings. The summed E-state index contributed by atoms with van der Waals surface area (Å²) in [5, 5.41) is 9.52. The molecule has 1 N–H and O–H groups in total. The lowest BCUT2D eigenvalue weighted by Gasteiger charge is -2.17. The van der Waals surface area contributed by atoms with E-state index < -0.39 is 11.9 Å². The van der Waals surface area contributed by atoms with Gasteiger partial charge in [0.2, 0.25) is 0 Å². The molecule has 3 rings (SSSR count). The summed E-state index contributed by atoms with van der Waals surface area (Å²) in [5.41, 5.74) is 2.34. The number of carboxylic acids is 1. The first-order valence-corrected chi connectivity index (χ1v) is 7.55. The van der Waals surface area contributed by atoms with Gasteiger partial charge in [0.1, 0.15) is 0 Å². The van der Waals surface area contributed by atoms with Crippen molar-refractivity contribution in [3.63, 3.8) is 0 Å².